The SMILES string of the molecule is Cc1cc(-c2ccc(C(=O)N(C)C[C@H](O)CO)cc2)cnc1-n1cnnc1. The number of nitrogens with zero attached hydrogens (tertiary/aromatic N) is 5. The summed E-state index contributed by atoms with van der Waals surface area (Å²) in [6.07, 6.45) is 4.01. The first-order chi connectivity index (χ1) is 13.0. The Hall–Kier alpha value is -3.10. The second kappa shape index (κ2) is 8.07. The Morgan fingerprint density at radius 3 is 2.44 bits per heavy atom. The first-order valence-corrected chi connectivity index (χ1v) is 8.46. The molecule has 8 nitrogen and oxygen atoms in total. The number of rotatable bonds is 6. The van der Waals surface area contributed by atoms with Crippen molar-refractivity contribution in [2.75, 3.05) is 20.2 Å². The molecule has 1 aromatic carbocycles. The molecule has 140 valence electrons. The predicted octanol–water partition coefficient (Wildman–Crippen LogP) is 1.06. The Labute approximate surface area is 156 Å². The maximum atomic E-state index is 12.4. The molecule has 27 heavy (non-hydrogen) atoms. The number of benzene rings is 1. The number of carbonyl (C=O) groups is 1. The van der Waals surface area contributed by atoms with Gasteiger partial charge in [-0.2, -0.15) is 0 Å². The topological polar surface area (TPSA) is 104 Å². The van der Waals surface area contributed by atoms with Gasteiger partial charge in [-0.3, -0.25) is 9.36 Å². The molecule has 2 aromatic heterocycles. The quantitative estimate of drug-likeness (QED) is 0.675. The minimum absolute atomic E-state index is 0.0742. The van der Waals surface area contributed by atoms with Crippen LogP contribution in [0.2, 0.25) is 0 Å². The summed E-state index contributed by atoms with van der Waals surface area (Å²) < 4.78 is 1.75. The van der Waals surface area contributed by atoms with Crippen LogP contribution in [0.4, 0.5) is 0 Å². The van der Waals surface area contributed by atoms with E-state index in [-0.39, 0.29) is 19.1 Å². The fourth-order valence-corrected chi connectivity index (χ4v) is 2.79. The van der Waals surface area contributed by atoms with Crippen LogP contribution in [0.25, 0.3) is 16.9 Å². The molecule has 0 aliphatic carbocycles. The first kappa shape index (κ1) is 18.7. The van der Waals surface area contributed by atoms with Crippen LogP contribution < -0.4 is 0 Å². The molecule has 0 saturated carbocycles. The van der Waals surface area contributed by atoms with Gasteiger partial charge in [0, 0.05) is 30.9 Å². The van der Waals surface area contributed by atoms with Crippen LogP contribution in [-0.4, -0.2) is 67.1 Å². The first-order valence-electron chi connectivity index (χ1n) is 8.46. The van der Waals surface area contributed by atoms with Crippen molar-refractivity contribution in [3.05, 3.63) is 60.3 Å². The standard InChI is InChI=1S/C19H21N5O3/c1-13-7-16(8-20-18(13)24-11-21-22-12-24)14-3-5-15(6-4-14)19(27)23(2)9-17(26)10-25/h3-8,11-12,17,25-26H,9-10H2,1-2H3/t17-/m0/s1. The summed E-state index contributed by atoms with van der Waals surface area (Å²) in [5, 5.41) is 26.0. The highest BCUT2D eigenvalue weighted by Gasteiger charge is 2.15. The molecule has 0 aliphatic heterocycles. The molecule has 0 saturated heterocycles. The molecule has 0 radical (unpaired) electrons. The van der Waals surface area contributed by atoms with Gasteiger partial charge in [-0.15, -0.1) is 10.2 Å². The summed E-state index contributed by atoms with van der Waals surface area (Å²) in [6.45, 7) is 1.66. The largest absolute Gasteiger partial charge is 0.394 e. The monoisotopic (exact) mass is 367 g/mol. The van der Waals surface area contributed by atoms with Crippen molar-refractivity contribution in [1.82, 2.24) is 24.6 Å². The number of aliphatic hydroxyl groups is 2. The van der Waals surface area contributed by atoms with E-state index in [0.29, 0.717) is 5.56 Å². The van der Waals surface area contributed by atoms with Crippen LogP contribution in [0.3, 0.4) is 0 Å². The lowest BCUT2D eigenvalue weighted by atomic mass is 10.0. The maximum Gasteiger partial charge on any atom is 0.253 e. The van der Waals surface area contributed by atoms with Crippen LogP contribution in [0.5, 0.6) is 0 Å². The van der Waals surface area contributed by atoms with E-state index < -0.39 is 6.10 Å². The average molecular weight is 367 g/mol. The summed E-state index contributed by atoms with van der Waals surface area (Å²) in [7, 11) is 1.59. The molecule has 0 aliphatic rings. The Morgan fingerprint density at radius 2 is 1.85 bits per heavy atom. The van der Waals surface area contributed by atoms with Gasteiger partial charge in [0.1, 0.15) is 18.5 Å². The van der Waals surface area contributed by atoms with Crippen LogP contribution in [0.1, 0.15) is 15.9 Å². The molecule has 0 fully saturated rings. The summed E-state index contributed by atoms with van der Waals surface area (Å²) in [4.78, 5) is 18.2. The molecule has 3 rings (SSSR count). The third kappa shape index (κ3) is 4.18. The highest BCUT2D eigenvalue weighted by molar-refractivity contribution is 5.94. The Bertz CT molecular complexity index is 910. The van der Waals surface area contributed by atoms with Gasteiger partial charge in [-0.1, -0.05) is 12.1 Å². The highest BCUT2D eigenvalue weighted by Crippen LogP contribution is 2.23. The van der Waals surface area contributed by atoms with Gasteiger partial charge in [0.05, 0.1) is 12.7 Å². The van der Waals surface area contributed by atoms with Gasteiger partial charge in [0.25, 0.3) is 5.91 Å². The minimum atomic E-state index is -0.948. The van der Waals surface area contributed by atoms with Gasteiger partial charge < -0.3 is 15.1 Å². The molecular formula is C19H21N5O3. The van der Waals surface area contributed by atoms with Gasteiger partial charge in [0.15, 0.2) is 0 Å². The highest BCUT2D eigenvalue weighted by atomic mass is 16.3. The lowest BCUT2D eigenvalue weighted by Crippen LogP contribution is -2.35. The normalized spacial score (nSPS) is 12.0. The van der Waals surface area contributed by atoms with Gasteiger partial charge >= 0.3 is 0 Å². The van der Waals surface area contributed by atoms with E-state index in [1.54, 1.807) is 42.6 Å². The molecule has 8 heteroatoms. The van der Waals surface area contributed by atoms with E-state index in [1.807, 2.05) is 25.1 Å². The minimum Gasteiger partial charge on any atom is -0.394 e. The summed E-state index contributed by atoms with van der Waals surface area (Å²) in [6, 6.07) is 9.21. The molecule has 0 bridgehead atoms. The lowest BCUT2D eigenvalue weighted by molar-refractivity contribution is 0.0520. The zero-order chi connectivity index (χ0) is 19.4. The predicted molar refractivity (Wildman–Crippen MR) is 99.4 cm³/mol. The second-order valence-electron chi connectivity index (χ2n) is 6.33. The van der Waals surface area contributed by atoms with E-state index >= 15 is 0 Å². The average Bonchev–Trinajstić information content (AvgIpc) is 3.21. The van der Waals surface area contributed by atoms with Crippen LogP contribution in [-0.2, 0) is 0 Å². The molecule has 1 amide bonds. The third-order valence-electron chi connectivity index (χ3n) is 4.22. The van der Waals surface area contributed by atoms with E-state index in [9.17, 15) is 9.90 Å². The number of aryl methyl sites for hydroxylation is 1. The molecule has 3 aromatic rings. The maximum absolute atomic E-state index is 12.4. The number of carbonyl (C=O) groups excluding carboxylic acids is 1. The fourth-order valence-electron chi connectivity index (χ4n) is 2.79. The molecule has 2 N–H and O–H groups in total. The summed E-state index contributed by atoms with van der Waals surface area (Å²) in [5.41, 5.74) is 3.37. The number of pyridine rings is 1. The van der Waals surface area contributed by atoms with Crippen molar-refractivity contribution >= 4 is 5.91 Å². The number of aliphatic hydroxyl groups excluding tert-OH is 2. The van der Waals surface area contributed by atoms with Crippen molar-refractivity contribution in [1.29, 1.82) is 0 Å². The lowest BCUT2D eigenvalue weighted by Gasteiger charge is -2.19. The Kier molecular flexibility index (Phi) is 5.58. The Balaban J connectivity index is 1.77. The van der Waals surface area contributed by atoms with E-state index in [4.69, 9.17) is 5.11 Å². The number of hydrogen-bond acceptors (Lipinski definition) is 6. The fraction of sp³-hybridized carbons (Fsp3) is 0.263. The number of aromatic nitrogens is 4. The van der Waals surface area contributed by atoms with E-state index in [1.165, 1.54) is 4.90 Å². The number of amides is 1. The van der Waals surface area contributed by atoms with Gasteiger partial charge in [0.2, 0.25) is 0 Å². The van der Waals surface area contributed by atoms with E-state index in [0.717, 1.165) is 22.5 Å². The summed E-state index contributed by atoms with van der Waals surface area (Å²) >= 11 is 0. The van der Waals surface area contributed by atoms with Gasteiger partial charge in [-0.05, 0) is 36.2 Å². The van der Waals surface area contributed by atoms with Crippen LogP contribution in [0.15, 0.2) is 49.2 Å². The summed E-state index contributed by atoms with van der Waals surface area (Å²) in [5.74, 6) is 0.547. The van der Waals surface area contributed by atoms with Gasteiger partial charge in [-0.25, -0.2) is 4.98 Å². The molecule has 0 spiro atoms. The third-order valence-corrected chi connectivity index (χ3v) is 4.22. The number of likely N-dealkylation sites (N-methyl/N-ethyl adjacent to an activating group) is 1. The van der Waals surface area contributed by atoms with Crippen LogP contribution >= 0.6 is 0 Å². The van der Waals surface area contributed by atoms with Crippen molar-refractivity contribution in [3.63, 3.8) is 0 Å². The zero-order valence-electron chi connectivity index (χ0n) is 15.1. The second-order valence-corrected chi connectivity index (χ2v) is 6.33. The van der Waals surface area contributed by atoms with Crippen molar-refractivity contribution in [2.45, 2.75) is 13.0 Å². The zero-order valence-corrected chi connectivity index (χ0v) is 15.1. The van der Waals surface area contributed by atoms with Crippen molar-refractivity contribution in [3.8, 4) is 16.9 Å². The van der Waals surface area contributed by atoms with Crippen molar-refractivity contribution in [2.24, 2.45) is 0 Å². The van der Waals surface area contributed by atoms with Crippen molar-refractivity contribution < 1.29 is 15.0 Å². The molecule has 0 unspecified atom stereocenters. The van der Waals surface area contributed by atoms with Crippen LogP contribution in [0, 0.1) is 6.92 Å². The number of hydrogen-bond donors (Lipinski definition) is 2. The molecule has 1 atom stereocenters. The van der Waals surface area contributed by atoms with E-state index in [2.05, 4.69) is 15.2 Å². The smallest absolute Gasteiger partial charge is 0.253 e. The molecule has 2 heterocycles. The molecular weight excluding hydrogens is 346 g/mol. The Morgan fingerprint density at radius 1 is 1.19 bits per heavy atom.